The highest BCUT2D eigenvalue weighted by Crippen LogP contribution is 2.22. The lowest BCUT2D eigenvalue weighted by molar-refractivity contribution is -0.141. The fourth-order valence-corrected chi connectivity index (χ4v) is 3.41. The van der Waals surface area contributed by atoms with Crippen LogP contribution in [0.15, 0.2) is 33.6 Å². The Balaban J connectivity index is 1.66. The van der Waals surface area contributed by atoms with Gasteiger partial charge in [-0.15, -0.1) is 11.8 Å². The summed E-state index contributed by atoms with van der Waals surface area (Å²) >= 11 is 5.13. The Bertz CT molecular complexity index is 506. The maximum absolute atomic E-state index is 12.0. The van der Waals surface area contributed by atoms with E-state index in [2.05, 4.69) is 28.1 Å². The van der Waals surface area contributed by atoms with Gasteiger partial charge in [0.05, 0.1) is 5.92 Å². The zero-order valence-corrected chi connectivity index (χ0v) is 14.0. The maximum Gasteiger partial charge on any atom is 0.308 e. The molecule has 0 aromatic heterocycles. The van der Waals surface area contributed by atoms with E-state index in [9.17, 15) is 9.59 Å². The molecule has 21 heavy (non-hydrogen) atoms. The Morgan fingerprint density at radius 2 is 2.05 bits per heavy atom. The van der Waals surface area contributed by atoms with E-state index < -0.39 is 5.97 Å². The predicted octanol–water partition coefficient (Wildman–Crippen LogP) is 3.25. The molecule has 1 aliphatic heterocycles. The van der Waals surface area contributed by atoms with Crippen LogP contribution in [0.3, 0.4) is 0 Å². The largest absolute Gasteiger partial charge is 0.481 e. The van der Waals surface area contributed by atoms with Gasteiger partial charge in [0.15, 0.2) is 0 Å². The van der Waals surface area contributed by atoms with Gasteiger partial charge in [0, 0.05) is 28.9 Å². The van der Waals surface area contributed by atoms with Gasteiger partial charge in [-0.1, -0.05) is 15.9 Å². The van der Waals surface area contributed by atoms with Crippen LogP contribution in [0.25, 0.3) is 0 Å². The first-order chi connectivity index (χ1) is 10.1. The highest BCUT2D eigenvalue weighted by Gasteiger charge is 2.30. The molecule has 1 amide bonds. The summed E-state index contributed by atoms with van der Waals surface area (Å²) < 4.78 is 1.06. The van der Waals surface area contributed by atoms with Crippen LogP contribution in [0.2, 0.25) is 0 Å². The number of nitrogens with zero attached hydrogens (tertiary/aromatic N) is 1. The van der Waals surface area contributed by atoms with Crippen molar-refractivity contribution in [2.75, 3.05) is 18.8 Å². The van der Waals surface area contributed by atoms with Crippen molar-refractivity contribution in [2.45, 2.75) is 24.2 Å². The molecule has 1 saturated heterocycles. The summed E-state index contributed by atoms with van der Waals surface area (Å²) in [6.45, 7) is 0.948. The topological polar surface area (TPSA) is 57.6 Å². The van der Waals surface area contributed by atoms with E-state index >= 15 is 0 Å². The summed E-state index contributed by atoms with van der Waals surface area (Å²) in [6.07, 6.45) is 1.89. The number of thioether (sulfide) groups is 1. The number of carboxylic acids is 1. The fraction of sp³-hybridized carbons (Fsp3) is 0.467. The molecule has 114 valence electrons. The summed E-state index contributed by atoms with van der Waals surface area (Å²) in [4.78, 5) is 25.7. The first kappa shape index (κ1) is 16.4. The van der Waals surface area contributed by atoms with E-state index in [-0.39, 0.29) is 11.8 Å². The molecule has 4 nitrogen and oxygen atoms in total. The van der Waals surface area contributed by atoms with Gasteiger partial charge in [0.1, 0.15) is 0 Å². The van der Waals surface area contributed by atoms with Crippen LogP contribution < -0.4 is 0 Å². The van der Waals surface area contributed by atoms with Crippen molar-refractivity contribution in [3.05, 3.63) is 28.7 Å². The summed E-state index contributed by atoms with van der Waals surface area (Å²) in [5, 5.41) is 8.93. The molecular weight excluding hydrogens is 354 g/mol. The number of amides is 1. The Morgan fingerprint density at radius 1 is 1.33 bits per heavy atom. The first-order valence-electron chi connectivity index (χ1n) is 6.95. The van der Waals surface area contributed by atoms with E-state index in [0.717, 1.165) is 16.6 Å². The molecule has 1 heterocycles. The minimum absolute atomic E-state index is 0.0788. The third-order valence-corrected chi connectivity index (χ3v) is 5.13. The number of aliphatic carboxylic acids is 1. The Labute approximate surface area is 137 Å². The second kappa shape index (κ2) is 7.84. The number of carbonyl (C=O) groups is 2. The summed E-state index contributed by atoms with van der Waals surface area (Å²) in [5.74, 6) is -0.207. The molecule has 1 unspecified atom stereocenters. The minimum Gasteiger partial charge on any atom is -0.481 e. The van der Waals surface area contributed by atoms with E-state index in [1.165, 1.54) is 4.90 Å². The average molecular weight is 372 g/mol. The lowest BCUT2D eigenvalue weighted by Crippen LogP contribution is -2.29. The van der Waals surface area contributed by atoms with E-state index in [0.29, 0.717) is 25.9 Å². The van der Waals surface area contributed by atoms with E-state index in [1.807, 2.05) is 12.1 Å². The number of carbonyl (C=O) groups excluding carboxylic acids is 1. The number of halogens is 1. The summed E-state index contributed by atoms with van der Waals surface area (Å²) in [5.41, 5.74) is 0. The predicted molar refractivity (Wildman–Crippen MR) is 86.4 cm³/mol. The number of hydrogen-bond acceptors (Lipinski definition) is 3. The highest BCUT2D eigenvalue weighted by molar-refractivity contribution is 9.10. The van der Waals surface area contributed by atoms with Gasteiger partial charge in [-0.2, -0.15) is 0 Å². The highest BCUT2D eigenvalue weighted by atomic mass is 79.9. The zero-order chi connectivity index (χ0) is 15.2. The van der Waals surface area contributed by atoms with Gasteiger partial charge in [0.25, 0.3) is 0 Å². The Hall–Kier alpha value is -1.01. The van der Waals surface area contributed by atoms with Crippen molar-refractivity contribution in [3.63, 3.8) is 0 Å². The molecule has 1 N–H and O–H groups in total. The van der Waals surface area contributed by atoms with Gasteiger partial charge in [-0.05, 0) is 42.9 Å². The van der Waals surface area contributed by atoms with Crippen LogP contribution in [-0.2, 0) is 9.59 Å². The Kier molecular flexibility index (Phi) is 6.11. The zero-order valence-electron chi connectivity index (χ0n) is 11.6. The average Bonchev–Trinajstić information content (AvgIpc) is 2.95. The Morgan fingerprint density at radius 3 is 2.67 bits per heavy atom. The summed E-state index contributed by atoms with van der Waals surface area (Å²) in [7, 11) is 0. The maximum atomic E-state index is 12.0. The molecule has 0 spiro atoms. The lowest BCUT2D eigenvalue weighted by atomic mass is 10.1. The molecule has 1 aliphatic rings. The smallest absolute Gasteiger partial charge is 0.308 e. The number of carboxylic acid groups (broad SMARTS) is 1. The van der Waals surface area contributed by atoms with E-state index in [4.69, 9.17) is 5.11 Å². The first-order valence-corrected chi connectivity index (χ1v) is 8.73. The third kappa shape index (κ3) is 5.04. The number of hydrogen-bond donors (Lipinski definition) is 1. The van der Waals surface area contributed by atoms with Gasteiger partial charge < -0.3 is 10.0 Å². The van der Waals surface area contributed by atoms with E-state index in [1.54, 1.807) is 16.7 Å². The van der Waals surface area contributed by atoms with Crippen molar-refractivity contribution in [2.24, 2.45) is 5.92 Å². The fourth-order valence-electron chi connectivity index (χ4n) is 2.29. The van der Waals surface area contributed by atoms with Crippen LogP contribution >= 0.6 is 27.7 Å². The van der Waals surface area contributed by atoms with Crippen molar-refractivity contribution in [3.8, 4) is 0 Å². The van der Waals surface area contributed by atoms with Crippen LogP contribution in [0.5, 0.6) is 0 Å². The lowest BCUT2D eigenvalue weighted by Gasteiger charge is -2.15. The quantitative estimate of drug-likeness (QED) is 0.615. The second-order valence-electron chi connectivity index (χ2n) is 5.07. The minimum atomic E-state index is -0.795. The van der Waals surface area contributed by atoms with Crippen LogP contribution in [0, 0.1) is 5.92 Å². The van der Waals surface area contributed by atoms with Gasteiger partial charge >= 0.3 is 5.97 Å². The van der Waals surface area contributed by atoms with Crippen molar-refractivity contribution < 1.29 is 14.7 Å². The van der Waals surface area contributed by atoms with Gasteiger partial charge in [-0.25, -0.2) is 0 Å². The molecule has 0 radical (unpaired) electrons. The second-order valence-corrected chi connectivity index (χ2v) is 7.15. The molecule has 1 aromatic rings. The van der Waals surface area contributed by atoms with Crippen LogP contribution in [-0.4, -0.2) is 40.7 Å². The van der Waals surface area contributed by atoms with Crippen molar-refractivity contribution in [1.29, 1.82) is 0 Å². The SMILES string of the molecule is O=C(O)C1CCN(C(=O)CCCSc2ccc(Br)cc2)C1. The molecule has 1 atom stereocenters. The molecule has 1 aromatic carbocycles. The van der Waals surface area contributed by atoms with Crippen LogP contribution in [0.4, 0.5) is 0 Å². The number of likely N-dealkylation sites (tertiary alicyclic amines) is 1. The normalized spacial score (nSPS) is 18.0. The molecule has 2 rings (SSSR count). The monoisotopic (exact) mass is 371 g/mol. The number of benzene rings is 1. The van der Waals surface area contributed by atoms with Crippen LogP contribution in [0.1, 0.15) is 19.3 Å². The molecule has 6 heteroatoms. The molecule has 0 bridgehead atoms. The summed E-state index contributed by atoms with van der Waals surface area (Å²) in [6, 6.07) is 8.11. The molecule has 1 fully saturated rings. The standard InChI is InChI=1S/C15H18BrNO3S/c16-12-3-5-13(6-4-12)21-9-1-2-14(18)17-8-7-11(10-17)15(19)20/h3-6,11H,1-2,7-10H2,(H,19,20). The molecule has 0 saturated carbocycles. The van der Waals surface area contributed by atoms with Gasteiger partial charge in [0.2, 0.25) is 5.91 Å². The van der Waals surface area contributed by atoms with Gasteiger partial charge in [-0.3, -0.25) is 9.59 Å². The van der Waals surface area contributed by atoms with Crippen molar-refractivity contribution in [1.82, 2.24) is 4.90 Å². The molecule has 0 aliphatic carbocycles. The number of rotatable bonds is 6. The van der Waals surface area contributed by atoms with Crippen molar-refractivity contribution >= 4 is 39.6 Å². The third-order valence-electron chi connectivity index (χ3n) is 3.51. The molecular formula is C15H18BrNO3S.